The molecule has 37 heavy (non-hydrogen) atoms. The first-order chi connectivity index (χ1) is 18.2. The van der Waals surface area contributed by atoms with Gasteiger partial charge in [-0.3, -0.25) is 9.69 Å². The molecule has 0 radical (unpaired) electrons. The van der Waals surface area contributed by atoms with Crippen LogP contribution in [0.15, 0.2) is 95.0 Å². The molecule has 1 amide bonds. The van der Waals surface area contributed by atoms with Crippen LogP contribution in [-0.4, -0.2) is 26.6 Å². The highest BCUT2D eigenvalue weighted by atomic mass is 32.2. The fourth-order valence-corrected chi connectivity index (χ4v) is 6.36. The zero-order valence-electron chi connectivity index (χ0n) is 20.5. The van der Waals surface area contributed by atoms with Gasteiger partial charge < -0.3 is 4.57 Å². The number of thioether (sulfide) groups is 1. The Bertz CT molecular complexity index is 1500. The van der Waals surface area contributed by atoms with Crippen LogP contribution in [0.3, 0.4) is 0 Å². The Hall–Kier alpha value is -3.64. The molecule has 0 atom stereocenters. The summed E-state index contributed by atoms with van der Waals surface area (Å²) >= 11 is 1.35. The van der Waals surface area contributed by atoms with Crippen LogP contribution in [-0.2, 0) is 11.3 Å². The number of carbonyl (C=O) groups excluding carboxylic acids is 1. The lowest BCUT2D eigenvalue weighted by molar-refractivity contribution is -0.124. The number of para-hydroxylation sites is 2. The van der Waals surface area contributed by atoms with Crippen molar-refractivity contribution in [3.8, 4) is 0 Å². The van der Waals surface area contributed by atoms with Gasteiger partial charge in [-0.05, 0) is 54.4 Å². The lowest BCUT2D eigenvalue weighted by Gasteiger charge is -2.30. The lowest BCUT2D eigenvalue weighted by atomic mass is 9.94. The minimum Gasteiger partial charge on any atom is -0.342 e. The number of amides is 1. The predicted octanol–water partition coefficient (Wildman–Crippen LogP) is 7.77. The molecule has 0 spiro atoms. The fraction of sp³-hybridized carbons (Fsp3) is 0.226. The van der Waals surface area contributed by atoms with E-state index in [0.29, 0.717) is 10.1 Å². The number of halogens is 1. The molecule has 0 N–H and O–H groups in total. The number of rotatable bonds is 5. The van der Waals surface area contributed by atoms with Gasteiger partial charge in [0.05, 0.1) is 4.91 Å². The molecule has 1 saturated heterocycles. The van der Waals surface area contributed by atoms with E-state index in [1.54, 1.807) is 18.2 Å². The summed E-state index contributed by atoms with van der Waals surface area (Å²) in [5.74, 6) is -0.417. The predicted molar refractivity (Wildman–Crippen MR) is 150 cm³/mol. The quantitative estimate of drug-likeness (QED) is 0.258. The number of carbonyl (C=O) groups is 1. The molecule has 6 rings (SSSR count). The molecule has 4 nitrogen and oxygen atoms in total. The largest absolute Gasteiger partial charge is 0.342 e. The Morgan fingerprint density at radius 3 is 2.46 bits per heavy atom. The van der Waals surface area contributed by atoms with Gasteiger partial charge in [0.25, 0.3) is 5.91 Å². The summed E-state index contributed by atoms with van der Waals surface area (Å²) in [4.78, 5) is 20.9. The number of aromatic nitrogens is 1. The Morgan fingerprint density at radius 1 is 0.919 bits per heavy atom. The number of hydrogen-bond acceptors (Lipinski definition) is 3. The van der Waals surface area contributed by atoms with Crippen molar-refractivity contribution in [2.45, 2.75) is 44.7 Å². The van der Waals surface area contributed by atoms with E-state index >= 15 is 0 Å². The first kappa shape index (κ1) is 23.7. The number of benzene rings is 3. The maximum Gasteiger partial charge on any atom is 0.267 e. The molecular weight excluding hydrogens is 481 g/mol. The zero-order valence-corrected chi connectivity index (χ0v) is 21.3. The van der Waals surface area contributed by atoms with Crippen molar-refractivity contribution >= 4 is 45.5 Å². The topological polar surface area (TPSA) is 37.6 Å². The van der Waals surface area contributed by atoms with Crippen LogP contribution in [0.2, 0.25) is 0 Å². The monoisotopic (exact) mass is 509 g/mol. The van der Waals surface area contributed by atoms with Crippen LogP contribution in [0.1, 0.15) is 43.2 Å². The zero-order chi connectivity index (χ0) is 25.2. The van der Waals surface area contributed by atoms with Crippen LogP contribution in [0, 0.1) is 5.82 Å². The van der Waals surface area contributed by atoms with Crippen LogP contribution in [0.4, 0.5) is 10.1 Å². The fourth-order valence-electron chi connectivity index (χ4n) is 5.31. The Balaban J connectivity index is 1.40. The van der Waals surface area contributed by atoms with Gasteiger partial charge in [-0.1, -0.05) is 79.9 Å². The normalized spacial score (nSPS) is 18.9. The van der Waals surface area contributed by atoms with Gasteiger partial charge >= 0.3 is 0 Å². The van der Waals surface area contributed by atoms with Crippen LogP contribution in [0.5, 0.6) is 0 Å². The molecule has 1 aliphatic carbocycles. The van der Waals surface area contributed by atoms with Crippen LogP contribution >= 0.6 is 11.8 Å². The summed E-state index contributed by atoms with van der Waals surface area (Å²) in [5.41, 5.74) is 3.60. The third-order valence-electron chi connectivity index (χ3n) is 7.15. The van der Waals surface area contributed by atoms with E-state index in [4.69, 9.17) is 0 Å². The molecule has 1 saturated carbocycles. The minimum atomic E-state index is -0.381. The van der Waals surface area contributed by atoms with Crippen molar-refractivity contribution in [1.82, 2.24) is 9.47 Å². The average Bonchev–Trinajstić information content (AvgIpc) is 3.43. The van der Waals surface area contributed by atoms with Gasteiger partial charge in [-0.2, -0.15) is 0 Å². The molecule has 186 valence electrons. The van der Waals surface area contributed by atoms with E-state index in [1.807, 2.05) is 41.3 Å². The molecule has 2 aliphatic rings. The highest BCUT2D eigenvalue weighted by Crippen LogP contribution is 2.39. The maximum absolute atomic E-state index is 14.5. The molecule has 2 heterocycles. The maximum atomic E-state index is 14.5. The van der Waals surface area contributed by atoms with Crippen molar-refractivity contribution in [3.63, 3.8) is 0 Å². The highest BCUT2D eigenvalue weighted by Gasteiger charge is 2.39. The van der Waals surface area contributed by atoms with Crippen molar-refractivity contribution in [1.29, 1.82) is 0 Å². The highest BCUT2D eigenvalue weighted by molar-refractivity contribution is 8.18. The summed E-state index contributed by atoms with van der Waals surface area (Å²) in [6.07, 6.45) is 9.38. The van der Waals surface area contributed by atoms with Crippen molar-refractivity contribution < 1.29 is 9.18 Å². The number of hydrogen-bond donors (Lipinski definition) is 0. The third-order valence-corrected chi connectivity index (χ3v) is 8.13. The average molecular weight is 510 g/mol. The van der Waals surface area contributed by atoms with Gasteiger partial charge in [0, 0.05) is 35.2 Å². The van der Waals surface area contributed by atoms with Crippen LogP contribution in [0.25, 0.3) is 17.0 Å². The molecule has 0 bridgehead atoms. The summed E-state index contributed by atoms with van der Waals surface area (Å²) < 4.78 is 16.7. The third kappa shape index (κ3) is 4.86. The van der Waals surface area contributed by atoms with E-state index in [1.165, 1.54) is 29.8 Å². The molecular formula is C31H28FN3OS. The van der Waals surface area contributed by atoms with E-state index in [2.05, 4.69) is 40.0 Å². The van der Waals surface area contributed by atoms with Crippen molar-refractivity contribution in [2.24, 2.45) is 4.99 Å². The van der Waals surface area contributed by atoms with Gasteiger partial charge in [0.2, 0.25) is 0 Å². The summed E-state index contributed by atoms with van der Waals surface area (Å²) in [7, 11) is 0. The minimum absolute atomic E-state index is 0.0353. The standard InChI is InChI=1S/C31H28FN3OS/c32-26-16-8-9-17-27(26)33-31-35(24-13-5-2-6-14-24)30(36)29(37-31)19-23-21-34(20-22-11-3-1-4-12-22)28-18-10-7-15-25(23)28/h1,3-4,7-12,15-19,21,24H,2,5-6,13-14,20H2/b29-19-,33-31?. The first-order valence-corrected chi connectivity index (χ1v) is 13.7. The second-order valence-corrected chi connectivity index (χ2v) is 10.6. The summed E-state index contributed by atoms with van der Waals surface area (Å²) in [6, 6.07) is 25.2. The second-order valence-electron chi connectivity index (χ2n) is 9.64. The number of amidine groups is 1. The molecule has 1 aromatic heterocycles. The van der Waals surface area contributed by atoms with Gasteiger partial charge in [-0.25, -0.2) is 9.38 Å². The smallest absolute Gasteiger partial charge is 0.267 e. The number of fused-ring (bicyclic) bond motifs is 1. The Morgan fingerprint density at radius 2 is 1.65 bits per heavy atom. The molecule has 0 unspecified atom stereocenters. The summed E-state index contributed by atoms with van der Waals surface area (Å²) in [6.45, 7) is 0.750. The Labute approximate surface area is 220 Å². The van der Waals surface area contributed by atoms with Crippen molar-refractivity contribution in [2.75, 3.05) is 0 Å². The summed E-state index contributed by atoms with van der Waals surface area (Å²) in [5, 5.41) is 1.67. The van der Waals surface area contributed by atoms with E-state index < -0.39 is 0 Å². The first-order valence-electron chi connectivity index (χ1n) is 12.9. The van der Waals surface area contributed by atoms with Crippen LogP contribution < -0.4 is 0 Å². The number of nitrogens with zero attached hydrogens (tertiary/aromatic N) is 3. The lowest BCUT2D eigenvalue weighted by Crippen LogP contribution is -2.40. The molecule has 2 fully saturated rings. The molecule has 4 aromatic rings. The molecule has 6 heteroatoms. The van der Waals surface area contributed by atoms with Gasteiger partial charge in [-0.15, -0.1) is 0 Å². The van der Waals surface area contributed by atoms with E-state index in [-0.39, 0.29) is 23.5 Å². The molecule has 3 aromatic carbocycles. The number of aliphatic imine (C=N–C) groups is 1. The van der Waals surface area contributed by atoms with E-state index in [9.17, 15) is 9.18 Å². The molecule has 1 aliphatic heterocycles. The van der Waals surface area contributed by atoms with Gasteiger partial charge in [0.15, 0.2) is 5.17 Å². The van der Waals surface area contributed by atoms with E-state index in [0.717, 1.165) is 48.7 Å². The second kappa shape index (κ2) is 10.4. The SMILES string of the molecule is O=C1/C(=C/c2cn(Cc3ccccc3)c3ccccc23)SC(=Nc2ccccc2F)N1C1CCCCC1. The Kier molecular flexibility index (Phi) is 6.66. The van der Waals surface area contributed by atoms with Crippen molar-refractivity contribution in [3.05, 3.63) is 107 Å². The van der Waals surface area contributed by atoms with Gasteiger partial charge in [0.1, 0.15) is 11.5 Å².